The van der Waals surface area contributed by atoms with Crippen LogP contribution in [0.2, 0.25) is 0 Å². The Bertz CT molecular complexity index is 950. The zero-order valence-corrected chi connectivity index (χ0v) is 11.8. The Labute approximate surface area is 119 Å². The fraction of sp³-hybridized carbons (Fsp3) is 0. The summed E-state index contributed by atoms with van der Waals surface area (Å²) in [5.41, 5.74) is -0.508. The number of benzene rings is 2. The highest BCUT2D eigenvalue weighted by molar-refractivity contribution is 7.89. The fourth-order valence-electron chi connectivity index (χ4n) is 1.92. The van der Waals surface area contributed by atoms with Gasteiger partial charge in [0.15, 0.2) is 0 Å². The van der Waals surface area contributed by atoms with Crippen LogP contribution in [0.4, 0.5) is 5.69 Å². The molecule has 2 aromatic rings. The zero-order chi connectivity index (χ0) is 15.8. The van der Waals surface area contributed by atoms with Gasteiger partial charge in [0.2, 0.25) is 0 Å². The molecule has 2 aromatic carbocycles. The van der Waals surface area contributed by atoms with Gasteiger partial charge >= 0.3 is 0 Å². The van der Waals surface area contributed by atoms with E-state index < -0.39 is 35.7 Å². The van der Waals surface area contributed by atoms with Crippen LogP contribution >= 0.6 is 0 Å². The topological polar surface area (TPSA) is 159 Å². The first-order chi connectivity index (χ1) is 9.66. The van der Waals surface area contributed by atoms with E-state index in [1.54, 1.807) is 6.07 Å². The van der Waals surface area contributed by atoms with Crippen molar-refractivity contribution in [3.05, 3.63) is 30.3 Å². The minimum Gasteiger partial charge on any atom is -0.305 e. The average molecular weight is 331 g/mol. The van der Waals surface area contributed by atoms with Crippen LogP contribution in [0.3, 0.4) is 0 Å². The second-order valence-electron chi connectivity index (χ2n) is 3.94. The monoisotopic (exact) mass is 331 g/mol. The Morgan fingerprint density at radius 1 is 0.952 bits per heavy atom. The molecule has 11 heteroatoms. The molecule has 0 aliphatic heterocycles. The lowest BCUT2D eigenvalue weighted by Gasteiger charge is -2.10. The van der Waals surface area contributed by atoms with E-state index in [4.69, 9.17) is 5.84 Å². The molecule has 0 saturated carbocycles. The van der Waals surface area contributed by atoms with Gasteiger partial charge in [-0.25, -0.2) is 0 Å². The summed E-state index contributed by atoms with van der Waals surface area (Å²) in [7, 11) is -9.98. The molecule has 0 aliphatic rings. The van der Waals surface area contributed by atoms with E-state index in [0.717, 1.165) is 0 Å². The first kappa shape index (κ1) is 15.3. The van der Waals surface area contributed by atoms with E-state index in [2.05, 4.69) is 10.3 Å². The summed E-state index contributed by atoms with van der Waals surface area (Å²) in [6.45, 7) is 0. The second kappa shape index (κ2) is 5.04. The molecular formula is C10H9N3O6S2. The molecule has 0 aromatic heterocycles. The van der Waals surface area contributed by atoms with Crippen molar-refractivity contribution in [1.29, 1.82) is 0 Å². The van der Waals surface area contributed by atoms with E-state index in [9.17, 15) is 25.9 Å². The van der Waals surface area contributed by atoms with Crippen LogP contribution in [-0.2, 0) is 20.2 Å². The lowest BCUT2D eigenvalue weighted by Crippen LogP contribution is -2.09. The normalized spacial score (nSPS) is 13.0. The second-order valence-corrected chi connectivity index (χ2v) is 6.66. The van der Waals surface area contributed by atoms with Gasteiger partial charge in [-0.3, -0.25) is 9.11 Å². The van der Waals surface area contributed by atoms with Crippen molar-refractivity contribution in [2.75, 3.05) is 0 Å². The van der Waals surface area contributed by atoms with Gasteiger partial charge in [0.1, 0.15) is 15.5 Å². The number of hydrogen-bond donors (Lipinski definition) is 3. The van der Waals surface area contributed by atoms with Crippen LogP contribution in [0.25, 0.3) is 10.8 Å². The highest BCUT2D eigenvalue weighted by atomic mass is 32.2. The molecule has 9 nitrogen and oxygen atoms in total. The van der Waals surface area contributed by atoms with Crippen molar-refractivity contribution in [3.63, 3.8) is 0 Å². The van der Waals surface area contributed by atoms with E-state index >= 15 is 0 Å². The average Bonchev–Trinajstić information content (AvgIpc) is 2.35. The summed E-state index contributed by atoms with van der Waals surface area (Å²) in [5, 5.41) is 6.34. The molecule has 4 N–H and O–H groups in total. The SMILES string of the molecule is NN=Nc1cc2ccccc2c(S(=O)(=O)O)c1S(=O)(=O)O. The third-order valence-electron chi connectivity index (χ3n) is 2.62. The Kier molecular flexibility index (Phi) is 3.67. The third kappa shape index (κ3) is 2.85. The molecule has 112 valence electrons. The number of nitrogens with two attached hydrogens (primary N) is 1. The van der Waals surface area contributed by atoms with Gasteiger partial charge in [0.25, 0.3) is 20.2 Å². The van der Waals surface area contributed by atoms with E-state index in [-0.39, 0.29) is 10.8 Å². The van der Waals surface area contributed by atoms with Crippen molar-refractivity contribution in [2.24, 2.45) is 16.2 Å². The number of fused-ring (bicyclic) bond motifs is 1. The van der Waals surface area contributed by atoms with Gasteiger partial charge in [-0.15, -0.1) is 5.11 Å². The van der Waals surface area contributed by atoms with Gasteiger partial charge in [-0.05, 0) is 11.5 Å². The van der Waals surface area contributed by atoms with E-state index in [1.807, 2.05) is 0 Å². The third-order valence-corrected chi connectivity index (χ3v) is 4.62. The largest absolute Gasteiger partial charge is 0.305 e. The zero-order valence-electron chi connectivity index (χ0n) is 10.2. The molecule has 0 unspecified atom stereocenters. The Morgan fingerprint density at radius 2 is 1.52 bits per heavy atom. The van der Waals surface area contributed by atoms with Gasteiger partial charge in [0.05, 0.1) is 0 Å². The van der Waals surface area contributed by atoms with Crippen LogP contribution in [0, 0.1) is 0 Å². The summed E-state index contributed by atoms with van der Waals surface area (Å²) in [6.07, 6.45) is 0. The predicted octanol–water partition coefficient (Wildman–Crippen LogP) is 1.29. The minimum absolute atomic E-state index is 0.0939. The van der Waals surface area contributed by atoms with Crippen molar-refractivity contribution < 1.29 is 25.9 Å². The summed E-state index contributed by atoms with van der Waals surface area (Å²) in [5.74, 6) is 4.85. The molecule has 0 spiro atoms. The quantitative estimate of drug-likeness (QED) is 0.330. The Balaban J connectivity index is 3.20. The maximum absolute atomic E-state index is 11.5. The maximum Gasteiger partial charge on any atom is 0.298 e. The number of hydrogen-bond acceptors (Lipinski definition) is 6. The number of rotatable bonds is 3. The molecule has 0 amide bonds. The molecule has 0 atom stereocenters. The highest BCUT2D eigenvalue weighted by Gasteiger charge is 2.30. The fourth-order valence-corrected chi connectivity index (χ4v) is 4.07. The van der Waals surface area contributed by atoms with Gasteiger partial charge in [-0.1, -0.05) is 29.5 Å². The molecule has 0 radical (unpaired) electrons. The summed E-state index contributed by atoms with van der Waals surface area (Å²) in [6, 6.07) is 6.91. The van der Waals surface area contributed by atoms with Crippen molar-refractivity contribution >= 4 is 36.7 Å². The summed E-state index contributed by atoms with van der Waals surface area (Å²) < 4.78 is 64.6. The van der Waals surface area contributed by atoms with E-state index in [1.165, 1.54) is 24.3 Å². The molecule has 0 bridgehead atoms. The predicted molar refractivity (Wildman–Crippen MR) is 72.3 cm³/mol. The standard InChI is InChI=1S/C10H9N3O6S2/c11-13-12-8-5-6-3-1-2-4-7(6)9(20(14,15)16)10(8)21(17,18)19/h1-5H,(H2,11,12)(H,14,15,16)(H,17,18,19). The molecule has 0 aliphatic carbocycles. The van der Waals surface area contributed by atoms with Gasteiger partial charge < -0.3 is 5.84 Å². The molecule has 0 fully saturated rings. The van der Waals surface area contributed by atoms with Gasteiger partial charge in [-0.2, -0.15) is 16.8 Å². The van der Waals surface area contributed by atoms with Crippen LogP contribution in [0.15, 0.2) is 50.5 Å². The first-order valence-electron chi connectivity index (χ1n) is 5.28. The van der Waals surface area contributed by atoms with Crippen molar-refractivity contribution in [3.8, 4) is 0 Å². The Hall–Kier alpha value is -2.08. The molecule has 21 heavy (non-hydrogen) atoms. The lowest BCUT2D eigenvalue weighted by atomic mass is 10.1. The maximum atomic E-state index is 11.5. The summed E-state index contributed by atoms with van der Waals surface area (Å²) in [4.78, 5) is -2.07. The minimum atomic E-state index is -5.01. The van der Waals surface area contributed by atoms with Crippen LogP contribution in [0.5, 0.6) is 0 Å². The highest BCUT2D eigenvalue weighted by Crippen LogP contribution is 2.37. The number of nitrogens with zero attached hydrogens (tertiary/aromatic N) is 2. The van der Waals surface area contributed by atoms with Crippen LogP contribution in [0.1, 0.15) is 0 Å². The molecule has 2 rings (SSSR count). The molecular weight excluding hydrogens is 322 g/mol. The van der Waals surface area contributed by atoms with Crippen LogP contribution < -0.4 is 5.84 Å². The van der Waals surface area contributed by atoms with Crippen LogP contribution in [-0.4, -0.2) is 25.9 Å². The van der Waals surface area contributed by atoms with Crippen molar-refractivity contribution in [1.82, 2.24) is 0 Å². The molecule has 0 saturated heterocycles. The van der Waals surface area contributed by atoms with Crippen molar-refractivity contribution in [2.45, 2.75) is 9.79 Å². The van der Waals surface area contributed by atoms with Gasteiger partial charge in [0, 0.05) is 5.39 Å². The Morgan fingerprint density at radius 3 is 2.05 bits per heavy atom. The van der Waals surface area contributed by atoms with E-state index in [0.29, 0.717) is 0 Å². The molecule has 0 heterocycles. The summed E-state index contributed by atoms with van der Waals surface area (Å²) >= 11 is 0. The first-order valence-corrected chi connectivity index (χ1v) is 8.16. The lowest BCUT2D eigenvalue weighted by molar-refractivity contribution is 0.468. The smallest absolute Gasteiger partial charge is 0.298 e.